The van der Waals surface area contributed by atoms with Gasteiger partial charge < -0.3 is 19.3 Å². The summed E-state index contributed by atoms with van der Waals surface area (Å²) >= 11 is 0. The summed E-state index contributed by atoms with van der Waals surface area (Å²) in [5.74, 6) is -0.659. The van der Waals surface area contributed by atoms with Crippen LogP contribution in [0, 0.1) is 0 Å². The van der Waals surface area contributed by atoms with Crippen LogP contribution in [0.2, 0.25) is 0 Å². The quantitative estimate of drug-likeness (QED) is 0.696. The summed E-state index contributed by atoms with van der Waals surface area (Å²) in [7, 11) is 1.45. The molecule has 0 aliphatic carbocycles. The fourth-order valence-electron chi connectivity index (χ4n) is 1.56. The molecule has 0 unspecified atom stereocenters. The summed E-state index contributed by atoms with van der Waals surface area (Å²) in [6.45, 7) is 4.29. The van der Waals surface area contributed by atoms with Gasteiger partial charge in [0.05, 0.1) is 26.9 Å². The molecule has 0 amide bonds. The molecule has 0 spiro atoms. The fourth-order valence-corrected chi connectivity index (χ4v) is 1.56. The maximum absolute atomic E-state index is 10.9. The highest BCUT2D eigenvalue weighted by Crippen LogP contribution is 2.20. The highest BCUT2D eigenvalue weighted by Gasteiger charge is 2.10. The van der Waals surface area contributed by atoms with Crippen LogP contribution in [0.15, 0.2) is 18.2 Å². The van der Waals surface area contributed by atoms with Crippen molar-refractivity contribution in [3.8, 4) is 5.75 Å². The van der Waals surface area contributed by atoms with Gasteiger partial charge in [-0.25, -0.2) is 4.79 Å². The molecule has 5 heteroatoms. The third-order valence-corrected chi connectivity index (χ3v) is 2.49. The minimum absolute atomic E-state index is 0.150. The van der Waals surface area contributed by atoms with Crippen LogP contribution in [0.25, 0.3) is 0 Å². The monoisotopic (exact) mass is 268 g/mol. The fraction of sp³-hybridized carbons (Fsp3) is 0.500. The lowest BCUT2D eigenvalue weighted by Gasteiger charge is -2.09. The highest BCUT2D eigenvalue weighted by atomic mass is 16.5. The summed E-state index contributed by atoms with van der Waals surface area (Å²) in [5, 5.41) is 8.96. The SMILES string of the molecule is CCCOCCOCc1ccc(C(=O)O)c(OC)c1. The molecule has 0 atom stereocenters. The molecule has 0 bridgehead atoms. The number of benzene rings is 1. The number of carboxylic acids is 1. The predicted octanol–water partition coefficient (Wildman–Crippen LogP) is 2.34. The van der Waals surface area contributed by atoms with Crippen molar-refractivity contribution in [3.05, 3.63) is 29.3 Å². The van der Waals surface area contributed by atoms with E-state index in [-0.39, 0.29) is 5.56 Å². The molecule has 1 N–H and O–H groups in total. The third kappa shape index (κ3) is 5.28. The van der Waals surface area contributed by atoms with Crippen molar-refractivity contribution in [2.24, 2.45) is 0 Å². The Hall–Kier alpha value is -1.59. The molecule has 1 aromatic carbocycles. The standard InChI is InChI=1S/C14H20O5/c1-3-6-18-7-8-19-10-11-4-5-12(14(15)16)13(9-11)17-2/h4-5,9H,3,6-8,10H2,1-2H3,(H,15,16). The average Bonchev–Trinajstić information content (AvgIpc) is 2.42. The maximum atomic E-state index is 10.9. The second-order valence-electron chi connectivity index (χ2n) is 4.00. The van der Waals surface area contributed by atoms with Crippen LogP contribution in [0.1, 0.15) is 29.3 Å². The van der Waals surface area contributed by atoms with Crippen molar-refractivity contribution in [3.63, 3.8) is 0 Å². The van der Waals surface area contributed by atoms with E-state index in [9.17, 15) is 4.79 Å². The average molecular weight is 268 g/mol. The lowest BCUT2D eigenvalue weighted by Crippen LogP contribution is -2.06. The molecule has 1 aromatic rings. The van der Waals surface area contributed by atoms with Crippen molar-refractivity contribution >= 4 is 5.97 Å². The van der Waals surface area contributed by atoms with Crippen molar-refractivity contribution < 1.29 is 24.1 Å². The maximum Gasteiger partial charge on any atom is 0.339 e. The number of aromatic carboxylic acids is 1. The van der Waals surface area contributed by atoms with Gasteiger partial charge in [0.1, 0.15) is 11.3 Å². The van der Waals surface area contributed by atoms with Gasteiger partial charge in [-0.3, -0.25) is 0 Å². The Kier molecular flexibility index (Phi) is 6.92. The van der Waals surface area contributed by atoms with Gasteiger partial charge in [0.25, 0.3) is 0 Å². The van der Waals surface area contributed by atoms with Crippen LogP contribution in [-0.4, -0.2) is 38.0 Å². The first-order valence-corrected chi connectivity index (χ1v) is 6.24. The van der Waals surface area contributed by atoms with E-state index < -0.39 is 5.97 Å². The largest absolute Gasteiger partial charge is 0.496 e. The van der Waals surface area contributed by atoms with Crippen molar-refractivity contribution in [1.82, 2.24) is 0 Å². The molecule has 5 nitrogen and oxygen atoms in total. The zero-order chi connectivity index (χ0) is 14.1. The zero-order valence-corrected chi connectivity index (χ0v) is 11.3. The molecule has 0 radical (unpaired) electrons. The van der Waals surface area contributed by atoms with Crippen LogP contribution in [0.4, 0.5) is 0 Å². The Morgan fingerprint density at radius 1 is 1.21 bits per heavy atom. The molecule has 106 valence electrons. The van der Waals surface area contributed by atoms with Crippen LogP contribution >= 0.6 is 0 Å². The highest BCUT2D eigenvalue weighted by molar-refractivity contribution is 5.90. The van der Waals surface area contributed by atoms with E-state index in [0.717, 1.165) is 18.6 Å². The van der Waals surface area contributed by atoms with Crippen molar-refractivity contribution in [1.29, 1.82) is 0 Å². The Morgan fingerprint density at radius 2 is 1.95 bits per heavy atom. The summed E-state index contributed by atoms with van der Waals surface area (Å²) in [6, 6.07) is 4.92. The van der Waals surface area contributed by atoms with E-state index in [4.69, 9.17) is 19.3 Å². The molecule has 1 rings (SSSR count). The molecule has 19 heavy (non-hydrogen) atoms. The van der Waals surface area contributed by atoms with Crippen LogP contribution in [0.3, 0.4) is 0 Å². The summed E-state index contributed by atoms with van der Waals surface area (Å²) in [5.41, 5.74) is 1.02. The van der Waals surface area contributed by atoms with Gasteiger partial charge in [-0.15, -0.1) is 0 Å². The van der Waals surface area contributed by atoms with E-state index in [0.29, 0.717) is 25.6 Å². The third-order valence-electron chi connectivity index (χ3n) is 2.49. The minimum atomic E-state index is -1.00. The minimum Gasteiger partial charge on any atom is -0.496 e. The lowest BCUT2D eigenvalue weighted by molar-refractivity contribution is 0.0408. The van der Waals surface area contributed by atoms with Gasteiger partial charge in [0.15, 0.2) is 0 Å². The molecular formula is C14H20O5. The van der Waals surface area contributed by atoms with Crippen LogP contribution in [0.5, 0.6) is 5.75 Å². The summed E-state index contributed by atoms with van der Waals surface area (Å²) in [6.07, 6.45) is 0.994. The van der Waals surface area contributed by atoms with E-state index in [1.54, 1.807) is 12.1 Å². The Morgan fingerprint density at radius 3 is 2.58 bits per heavy atom. The van der Waals surface area contributed by atoms with E-state index >= 15 is 0 Å². The summed E-state index contributed by atoms with van der Waals surface area (Å²) in [4.78, 5) is 10.9. The molecule has 0 aliphatic rings. The van der Waals surface area contributed by atoms with Crippen LogP contribution < -0.4 is 4.74 Å². The van der Waals surface area contributed by atoms with E-state index in [1.807, 2.05) is 0 Å². The first-order chi connectivity index (χ1) is 9.19. The smallest absolute Gasteiger partial charge is 0.339 e. The Balaban J connectivity index is 2.44. The number of rotatable bonds is 9. The summed E-state index contributed by atoms with van der Waals surface area (Å²) < 4.78 is 15.8. The Labute approximate surface area is 113 Å². The van der Waals surface area contributed by atoms with Crippen LogP contribution in [-0.2, 0) is 16.1 Å². The number of ether oxygens (including phenoxy) is 3. The second-order valence-corrected chi connectivity index (χ2v) is 4.00. The molecule has 0 saturated heterocycles. The van der Waals surface area contributed by atoms with Crippen molar-refractivity contribution in [2.75, 3.05) is 26.9 Å². The number of methoxy groups -OCH3 is 1. The first-order valence-electron chi connectivity index (χ1n) is 6.24. The Bertz CT molecular complexity index is 403. The number of carboxylic acid groups (broad SMARTS) is 1. The van der Waals surface area contributed by atoms with Gasteiger partial charge in [0, 0.05) is 6.61 Å². The molecule has 0 aromatic heterocycles. The van der Waals surface area contributed by atoms with Crippen molar-refractivity contribution in [2.45, 2.75) is 20.0 Å². The molecule has 0 aliphatic heterocycles. The first kappa shape index (κ1) is 15.5. The molecule has 0 heterocycles. The molecule has 0 fully saturated rings. The number of hydrogen-bond donors (Lipinski definition) is 1. The normalized spacial score (nSPS) is 10.4. The molecule has 0 saturated carbocycles. The topological polar surface area (TPSA) is 65.0 Å². The van der Waals surface area contributed by atoms with E-state index in [2.05, 4.69) is 6.92 Å². The van der Waals surface area contributed by atoms with Gasteiger partial charge in [-0.05, 0) is 24.1 Å². The van der Waals surface area contributed by atoms with Gasteiger partial charge in [0.2, 0.25) is 0 Å². The molecular weight excluding hydrogens is 248 g/mol. The van der Waals surface area contributed by atoms with Gasteiger partial charge in [-0.1, -0.05) is 13.0 Å². The lowest BCUT2D eigenvalue weighted by atomic mass is 10.1. The second kappa shape index (κ2) is 8.50. The predicted molar refractivity (Wildman–Crippen MR) is 70.7 cm³/mol. The number of carbonyl (C=O) groups is 1. The van der Waals surface area contributed by atoms with Gasteiger partial charge >= 0.3 is 5.97 Å². The number of hydrogen-bond acceptors (Lipinski definition) is 4. The van der Waals surface area contributed by atoms with E-state index in [1.165, 1.54) is 13.2 Å². The van der Waals surface area contributed by atoms with Gasteiger partial charge in [-0.2, -0.15) is 0 Å². The zero-order valence-electron chi connectivity index (χ0n) is 11.3.